The number of ketones is 1. The van der Waals surface area contributed by atoms with Gasteiger partial charge in [0.05, 0.1) is 24.1 Å². The number of rotatable bonds is 3. The van der Waals surface area contributed by atoms with Crippen LogP contribution >= 0.6 is 0 Å². The van der Waals surface area contributed by atoms with Gasteiger partial charge in [0.15, 0.2) is 11.5 Å². The molecule has 0 aromatic heterocycles. The number of benzene rings is 1. The number of fused-ring (bicyclic) bond motifs is 1. The Balaban J connectivity index is 1.79. The predicted octanol–water partition coefficient (Wildman–Crippen LogP) is 2.28. The molecule has 1 N–H and O–H groups in total. The third-order valence-electron chi connectivity index (χ3n) is 5.59. The van der Waals surface area contributed by atoms with E-state index in [1.165, 1.54) is 0 Å². The van der Waals surface area contributed by atoms with E-state index in [9.17, 15) is 14.7 Å². The van der Waals surface area contributed by atoms with E-state index in [2.05, 4.69) is 0 Å². The van der Waals surface area contributed by atoms with Crippen LogP contribution in [0.2, 0.25) is 0 Å². The minimum Gasteiger partial charge on any atom is -0.483 e. The topological polar surface area (TPSA) is 66.8 Å². The number of aliphatic hydroxyl groups is 1. The third kappa shape index (κ3) is 2.58. The first-order chi connectivity index (χ1) is 12.1. The van der Waals surface area contributed by atoms with Crippen LogP contribution in [0.1, 0.15) is 42.9 Å². The summed E-state index contributed by atoms with van der Waals surface area (Å²) in [5.41, 5.74) is 2.50. The molecule has 0 radical (unpaired) electrons. The van der Waals surface area contributed by atoms with Gasteiger partial charge in [0.25, 0.3) is 5.91 Å². The average Bonchev–Trinajstić information content (AvgIpc) is 2.89. The first kappa shape index (κ1) is 16.3. The summed E-state index contributed by atoms with van der Waals surface area (Å²) in [5, 5.41) is 9.42. The molecule has 5 heteroatoms. The number of aryl methyl sites for hydroxylation is 1. The quantitative estimate of drug-likeness (QED) is 0.916. The fourth-order valence-corrected chi connectivity index (χ4v) is 4.33. The fraction of sp³-hybridized carbons (Fsp3) is 0.500. The zero-order valence-electron chi connectivity index (χ0n) is 14.4. The van der Waals surface area contributed by atoms with E-state index < -0.39 is 6.04 Å². The Hall–Kier alpha value is -2.14. The van der Waals surface area contributed by atoms with Crippen molar-refractivity contribution in [2.24, 2.45) is 5.92 Å². The number of Topliss-reactive ketones (excluding diaryl/α,β-unsaturated/α-hetero) is 1. The van der Waals surface area contributed by atoms with Crippen LogP contribution in [0.4, 0.5) is 0 Å². The molecule has 3 unspecified atom stereocenters. The predicted molar refractivity (Wildman–Crippen MR) is 91.6 cm³/mol. The maximum Gasteiger partial charge on any atom is 0.290 e. The van der Waals surface area contributed by atoms with Crippen LogP contribution in [0.25, 0.3) is 0 Å². The van der Waals surface area contributed by atoms with Crippen LogP contribution in [-0.4, -0.2) is 41.0 Å². The standard InChI is InChI=1S/C20H23NO4/c1-12-6-8-13(9-7-12)17-16-18(23)14-4-2-3-5-15(14)25-19(16)20(24)21(17)10-11-22/h6-9,14-15,17,22H,2-5,10-11H2,1H3. The van der Waals surface area contributed by atoms with Crippen molar-refractivity contribution in [2.45, 2.75) is 44.8 Å². The van der Waals surface area contributed by atoms with Crippen molar-refractivity contribution in [3.05, 3.63) is 46.7 Å². The number of hydrogen-bond acceptors (Lipinski definition) is 4. The van der Waals surface area contributed by atoms with Gasteiger partial charge in [-0.15, -0.1) is 0 Å². The Morgan fingerprint density at radius 2 is 1.88 bits per heavy atom. The molecule has 1 saturated carbocycles. The highest BCUT2D eigenvalue weighted by atomic mass is 16.5. The van der Waals surface area contributed by atoms with E-state index in [4.69, 9.17) is 4.74 Å². The highest BCUT2D eigenvalue weighted by molar-refractivity contribution is 6.11. The second-order valence-electron chi connectivity index (χ2n) is 7.19. The summed E-state index contributed by atoms with van der Waals surface area (Å²) in [7, 11) is 0. The van der Waals surface area contributed by atoms with Crippen LogP contribution in [0, 0.1) is 12.8 Å². The van der Waals surface area contributed by atoms with E-state index >= 15 is 0 Å². The van der Waals surface area contributed by atoms with Gasteiger partial charge in [0.2, 0.25) is 0 Å². The van der Waals surface area contributed by atoms with Gasteiger partial charge in [-0.25, -0.2) is 0 Å². The summed E-state index contributed by atoms with van der Waals surface area (Å²) in [5.74, 6) is -0.133. The van der Waals surface area contributed by atoms with Crippen LogP contribution < -0.4 is 0 Å². The molecule has 4 rings (SSSR count). The van der Waals surface area contributed by atoms with Gasteiger partial charge in [-0.1, -0.05) is 36.2 Å². The number of ether oxygens (including phenoxy) is 1. The third-order valence-corrected chi connectivity index (χ3v) is 5.59. The van der Waals surface area contributed by atoms with Gasteiger partial charge in [-0.2, -0.15) is 0 Å². The molecule has 3 atom stereocenters. The summed E-state index contributed by atoms with van der Waals surface area (Å²) in [6.45, 7) is 2.05. The summed E-state index contributed by atoms with van der Waals surface area (Å²) in [6, 6.07) is 7.41. The van der Waals surface area contributed by atoms with Crippen molar-refractivity contribution < 1.29 is 19.4 Å². The molecule has 25 heavy (non-hydrogen) atoms. The second-order valence-corrected chi connectivity index (χ2v) is 7.19. The van der Waals surface area contributed by atoms with E-state index in [0.717, 1.165) is 36.8 Å². The van der Waals surface area contributed by atoms with E-state index in [-0.39, 0.29) is 42.6 Å². The second kappa shape index (κ2) is 6.30. The van der Waals surface area contributed by atoms with Crippen LogP contribution in [0.5, 0.6) is 0 Å². The van der Waals surface area contributed by atoms with Crippen molar-refractivity contribution in [3.63, 3.8) is 0 Å². The largest absolute Gasteiger partial charge is 0.483 e. The number of carbonyl (C=O) groups is 2. The monoisotopic (exact) mass is 341 g/mol. The normalized spacial score (nSPS) is 28.7. The van der Waals surface area contributed by atoms with Gasteiger partial charge in [0, 0.05) is 6.54 Å². The summed E-state index contributed by atoms with van der Waals surface area (Å²) in [4.78, 5) is 27.7. The summed E-state index contributed by atoms with van der Waals surface area (Å²) < 4.78 is 6.03. The molecule has 5 nitrogen and oxygen atoms in total. The van der Waals surface area contributed by atoms with Gasteiger partial charge >= 0.3 is 0 Å². The number of carbonyl (C=O) groups excluding carboxylic acids is 2. The molecule has 3 aliphatic rings. The minimum absolute atomic E-state index is 0.0605. The van der Waals surface area contributed by atoms with Crippen molar-refractivity contribution in [2.75, 3.05) is 13.2 Å². The van der Waals surface area contributed by atoms with E-state index in [0.29, 0.717) is 5.57 Å². The van der Waals surface area contributed by atoms with Crippen molar-refractivity contribution in [1.29, 1.82) is 0 Å². The lowest BCUT2D eigenvalue weighted by atomic mass is 9.77. The molecule has 1 amide bonds. The lowest BCUT2D eigenvalue weighted by Gasteiger charge is -2.35. The van der Waals surface area contributed by atoms with Crippen molar-refractivity contribution >= 4 is 11.7 Å². The molecule has 1 fully saturated rings. The lowest BCUT2D eigenvalue weighted by Crippen LogP contribution is -2.39. The molecule has 1 aromatic rings. The molecule has 1 aliphatic carbocycles. The molecule has 0 spiro atoms. The summed E-state index contributed by atoms with van der Waals surface area (Å²) >= 11 is 0. The Bertz CT molecular complexity index is 737. The molecular formula is C20H23NO4. The Morgan fingerprint density at radius 3 is 2.60 bits per heavy atom. The minimum atomic E-state index is -0.453. The molecule has 0 bridgehead atoms. The molecule has 2 aliphatic heterocycles. The van der Waals surface area contributed by atoms with Crippen LogP contribution in [0.15, 0.2) is 35.6 Å². The number of nitrogens with zero attached hydrogens (tertiary/aromatic N) is 1. The highest BCUT2D eigenvalue weighted by Crippen LogP contribution is 2.46. The van der Waals surface area contributed by atoms with Gasteiger partial charge in [0.1, 0.15) is 6.10 Å². The maximum absolute atomic E-state index is 13.2. The Labute approximate surface area is 147 Å². The van der Waals surface area contributed by atoms with Crippen molar-refractivity contribution in [1.82, 2.24) is 4.90 Å². The van der Waals surface area contributed by atoms with E-state index in [1.54, 1.807) is 4.90 Å². The molecule has 0 saturated heterocycles. The number of aliphatic hydroxyl groups excluding tert-OH is 1. The van der Waals surface area contributed by atoms with E-state index in [1.807, 2.05) is 31.2 Å². The molecular weight excluding hydrogens is 318 g/mol. The SMILES string of the molecule is Cc1ccc(C2C3=C(OC4CCCCC4C3=O)C(=O)N2CCO)cc1. The smallest absolute Gasteiger partial charge is 0.290 e. The fourth-order valence-electron chi connectivity index (χ4n) is 4.33. The zero-order valence-corrected chi connectivity index (χ0v) is 14.4. The lowest BCUT2D eigenvalue weighted by molar-refractivity contribution is -0.135. The number of amides is 1. The number of hydrogen-bond donors (Lipinski definition) is 1. The summed E-state index contributed by atoms with van der Waals surface area (Å²) in [6.07, 6.45) is 3.55. The molecule has 1 aromatic carbocycles. The maximum atomic E-state index is 13.2. The van der Waals surface area contributed by atoms with Gasteiger partial charge in [-0.05, 0) is 31.7 Å². The Morgan fingerprint density at radius 1 is 1.16 bits per heavy atom. The highest BCUT2D eigenvalue weighted by Gasteiger charge is 2.51. The molecule has 132 valence electrons. The van der Waals surface area contributed by atoms with Gasteiger partial charge < -0.3 is 14.7 Å². The van der Waals surface area contributed by atoms with Crippen LogP contribution in [0.3, 0.4) is 0 Å². The van der Waals surface area contributed by atoms with Gasteiger partial charge in [-0.3, -0.25) is 9.59 Å². The zero-order chi connectivity index (χ0) is 17.6. The first-order valence-corrected chi connectivity index (χ1v) is 9.05. The van der Waals surface area contributed by atoms with Crippen molar-refractivity contribution in [3.8, 4) is 0 Å². The number of β-amino-alcohol motifs (C(OH)–C–C–N with tert-alkyl or cyclic N) is 1. The first-order valence-electron chi connectivity index (χ1n) is 9.05. The Kier molecular flexibility index (Phi) is 4.12. The molecule has 2 heterocycles. The van der Waals surface area contributed by atoms with Crippen LogP contribution in [-0.2, 0) is 14.3 Å². The average molecular weight is 341 g/mol.